The van der Waals surface area contributed by atoms with Crippen LogP contribution < -0.4 is 10.1 Å². The fourth-order valence-electron chi connectivity index (χ4n) is 2.15. The average Bonchev–Trinajstić information content (AvgIpc) is 2.79. The summed E-state index contributed by atoms with van der Waals surface area (Å²) in [5.74, 6) is 1.83. The monoisotopic (exact) mass is 273 g/mol. The summed E-state index contributed by atoms with van der Waals surface area (Å²) in [5, 5.41) is 3.40. The Hall–Kier alpha value is -1.97. The van der Waals surface area contributed by atoms with E-state index in [1.165, 1.54) is 12.0 Å². The molecule has 0 saturated carbocycles. The fraction of sp³-hybridized carbons (Fsp3) is 0.438. The molecular formula is C16H23N3O. The SMILES string of the molecule is CCCCNc1nc(C)cn1Cc1cccc(OC)c1. The number of methoxy groups -OCH3 is 1. The number of hydrogen-bond acceptors (Lipinski definition) is 3. The minimum Gasteiger partial charge on any atom is -0.497 e. The van der Waals surface area contributed by atoms with Crippen molar-refractivity contribution in [1.29, 1.82) is 0 Å². The van der Waals surface area contributed by atoms with Crippen LogP contribution in [-0.4, -0.2) is 23.2 Å². The van der Waals surface area contributed by atoms with Gasteiger partial charge in [0, 0.05) is 12.7 Å². The predicted octanol–water partition coefficient (Wildman–Crippen LogP) is 3.46. The molecule has 0 atom stereocenters. The highest BCUT2D eigenvalue weighted by Gasteiger charge is 2.06. The van der Waals surface area contributed by atoms with Crippen LogP contribution in [0.15, 0.2) is 30.5 Å². The Kier molecular flexibility index (Phi) is 5.04. The second-order valence-electron chi connectivity index (χ2n) is 4.97. The number of ether oxygens (including phenoxy) is 1. The van der Waals surface area contributed by atoms with E-state index in [-0.39, 0.29) is 0 Å². The van der Waals surface area contributed by atoms with Crippen LogP contribution in [0.1, 0.15) is 31.0 Å². The van der Waals surface area contributed by atoms with Crippen LogP contribution in [0.4, 0.5) is 5.95 Å². The van der Waals surface area contributed by atoms with Gasteiger partial charge in [0.1, 0.15) is 5.75 Å². The van der Waals surface area contributed by atoms with E-state index in [4.69, 9.17) is 4.74 Å². The van der Waals surface area contributed by atoms with E-state index in [2.05, 4.69) is 40.1 Å². The number of aryl methyl sites for hydroxylation is 1. The molecule has 0 fully saturated rings. The van der Waals surface area contributed by atoms with E-state index in [0.717, 1.165) is 36.9 Å². The molecule has 2 aromatic rings. The van der Waals surface area contributed by atoms with Gasteiger partial charge >= 0.3 is 0 Å². The Balaban J connectivity index is 2.11. The quantitative estimate of drug-likeness (QED) is 0.785. The van der Waals surface area contributed by atoms with Gasteiger partial charge in [-0.2, -0.15) is 0 Å². The molecule has 0 unspecified atom stereocenters. The van der Waals surface area contributed by atoms with E-state index >= 15 is 0 Å². The summed E-state index contributed by atoms with van der Waals surface area (Å²) in [5.41, 5.74) is 2.24. The lowest BCUT2D eigenvalue weighted by Gasteiger charge is -2.10. The molecule has 20 heavy (non-hydrogen) atoms. The van der Waals surface area contributed by atoms with Gasteiger partial charge < -0.3 is 14.6 Å². The molecule has 4 heteroatoms. The minimum absolute atomic E-state index is 0.798. The number of rotatable bonds is 7. The lowest BCUT2D eigenvalue weighted by atomic mass is 10.2. The molecule has 1 aromatic heterocycles. The first-order chi connectivity index (χ1) is 9.72. The second-order valence-corrected chi connectivity index (χ2v) is 4.97. The largest absolute Gasteiger partial charge is 0.497 e. The van der Waals surface area contributed by atoms with Crippen LogP contribution in [0.3, 0.4) is 0 Å². The van der Waals surface area contributed by atoms with Crippen LogP contribution in [0, 0.1) is 6.92 Å². The Morgan fingerprint density at radius 3 is 2.95 bits per heavy atom. The zero-order valence-electron chi connectivity index (χ0n) is 12.5. The van der Waals surface area contributed by atoms with Gasteiger partial charge in [0.2, 0.25) is 5.95 Å². The third kappa shape index (κ3) is 3.76. The van der Waals surface area contributed by atoms with Gasteiger partial charge in [-0.05, 0) is 31.0 Å². The van der Waals surface area contributed by atoms with Crippen molar-refractivity contribution in [3.63, 3.8) is 0 Å². The van der Waals surface area contributed by atoms with Crippen LogP contribution in [0.2, 0.25) is 0 Å². The molecule has 0 amide bonds. The van der Waals surface area contributed by atoms with Crippen molar-refractivity contribution < 1.29 is 4.74 Å². The maximum atomic E-state index is 5.27. The first-order valence-corrected chi connectivity index (χ1v) is 7.13. The topological polar surface area (TPSA) is 39.1 Å². The first-order valence-electron chi connectivity index (χ1n) is 7.13. The Labute approximate surface area is 120 Å². The highest BCUT2D eigenvalue weighted by atomic mass is 16.5. The van der Waals surface area contributed by atoms with E-state index in [1.54, 1.807) is 7.11 Å². The molecule has 1 heterocycles. The number of hydrogen-bond donors (Lipinski definition) is 1. The highest BCUT2D eigenvalue weighted by molar-refractivity contribution is 5.33. The smallest absolute Gasteiger partial charge is 0.203 e. The summed E-state index contributed by atoms with van der Waals surface area (Å²) in [6.45, 7) is 5.97. The number of nitrogens with one attached hydrogen (secondary N) is 1. The van der Waals surface area contributed by atoms with Gasteiger partial charge in [-0.15, -0.1) is 0 Å². The van der Waals surface area contributed by atoms with E-state index in [9.17, 15) is 0 Å². The molecule has 0 saturated heterocycles. The van der Waals surface area contributed by atoms with Crippen molar-refractivity contribution in [2.45, 2.75) is 33.2 Å². The zero-order chi connectivity index (χ0) is 14.4. The van der Waals surface area contributed by atoms with Crippen molar-refractivity contribution in [2.75, 3.05) is 19.0 Å². The zero-order valence-corrected chi connectivity index (χ0v) is 12.5. The van der Waals surface area contributed by atoms with Gasteiger partial charge in [-0.1, -0.05) is 25.5 Å². The summed E-state index contributed by atoms with van der Waals surface area (Å²) in [7, 11) is 1.69. The molecule has 0 radical (unpaired) electrons. The number of aromatic nitrogens is 2. The van der Waals surface area contributed by atoms with Crippen molar-refractivity contribution in [2.24, 2.45) is 0 Å². The predicted molar refractivity (Wildman–Crippen MR) is 82.5 cm³/mol. The van der Waals surface area contributed by atoms with Crippen LogP contribution in [0.5, 0.6) is 5.75 Å². The van der Waals surface area contributed by atoms with Crippen molar-refractivity contribution in [3.8, 4) is 5.75 Å². The standard InChI is InChI=1S/C16H23N3O/c1-4-5-9-17-16-18-13(2)11-19(16)12-14-7-6-8-15(10-14)20-3/h6-8,10-11H,4-5,9,12H2,1-3H3,(H,17,18). The molecule has 0 aliphatic carbocycles. The summed E-state index contributed by atoms with van der Waals surface area (Å²) in [6, 6.07) is 8.14. The number of benzene rings is 1. The first kappa shape index (κ1) is 14.4. The highest BCUT2D eigenvalue weighted by Crippen LogP contribution is 2.16. The Bertz CT molecular complexity index is 548. The van der Waals surface area contributed by atoms with Gasteiger partial charge in [-0.3, -0.25) is 0 Å². The molecule has 0 aliphatic heterocycles. The summed E-state index contributed by atoms with van der Waals surface area (Å²) < 4.78 is 7.42. The molecule has 108 valence electrons. The second kappa shape index (κ2) is 6.98. The van der Waals surface area contributed by atoms with Gasteiger partial charge in [0.15, 0.2) is 0 Å². The summed E-state index contributed by atoms with van der Waals surface area (Å²) >= 11 is 0. The van der Waals surface area contributed by atoms with Crippen LogP contribution in [0.25, 0.3) is 0 Å². The maximum Gasteiger partial charge on any atom is 0.203 e. The molecule has 0 bridgehead atoms. The number of anilines is 1. The molecule has 0 aliphatic rings. The lowest BCUT2D eigenvalue weighted by molar-refractivity contribution is 0.414. The minimum atomic E-state index is 0.798. The normalized spacial score (nSPS) is 10.6. The van der Waals surface area contributed by atoms with Crippen molar-refractivity contribution >= 4 is 5.95 Å². The third-order valence-corrected chi connectivity index (χ3v) is 3.20. The van der Waals surface area contributed by atoms with Gasteiger partial charge in [0.25, 0.3) is 0 Å². The molecular weight excluding hydrogens is 250 g/mol. The molecule has 4 nitrogen and oxygen atoms in total. The average molecular weight is 273 g/mol. The number of imidazole rings is 1. The van der Waals surface area contributed by atoms with Crippen molar-refractivity contribution in [1.82, 2.24) is 9.55 Å². The molecule has 2 rings (SSSR count). The number of unbranched alkanes of at least 4 members (excludes halogenated alkanes) is 1. The van der Waals surface area contributed by atoms with E-state index in [1.807, 2.05) is 19.1 Å². The summed E-state index contributed by atoms with van der Waals surface area (Å²) in [4.78, 5) is 4.54. The lowest BCUT2D eigenvalue weighted by Crippen LogP contribution is -2.09. The third-order valence-electron chi connectivity index (χ3n) is 3.20. The van der Waals surface area contributed by atoms with Crippen LogP contribution in [-0.2, 0) is 6.54 Å². The molecule has 0 spiro atoms. The number of nitrogens with zero attached hydrogens (tertiary/aromatic N) is 2. The molecule has 1 N–H and O–H groups in total. The van der Waals surface area contributed by atoms with Gasteiger partial charge in [0.05, 0.1) is 19.3 Å². The fourth-order valence-corrected chi connectivity index (χ4v) is 2.15. The summed E-state index contributed by atoms with van der Waals surface area (Å²) in [6.07, 6.45) is 4.42. The molecule has 1 aromatic carbocycles. The van der Waals surface area contributed by atoms with E-state index < -0.39 is 0 Å². The Morgan fingerprint density at radius 2 is 2.20 bits per heavy atom. The van der Waals surface area contributed by atoms with Gasteiger partial charge in [-0.25, -0.2) is 4.98 Å². The Morgan fingerprint density at radius 1 is 1.35 bits per heavy atom. The van der Waals surface area contributed by atoms with Crippen molar-refractivity contribution in [3.05, 3.63) is 41.7 Å². The van der Waals surface area contributed by atoms with Crippen LogP contribution >= 0.6 is 0 Å². The maximum absolute atomic E-state index is 5.27. The van der Waals surface area contributed by atoms with E-state index in [0.29, 0.717) is 0 Å².